The molecule has 0 saturated carbocycles. The molecule has 9 nitrogen and oxygen atoms in total. The number of rotatable bonds is 3. The second-order valence-electron chi connectivity index (χ2n) is 6.63. The van der Waals surface area contributed by atoms with E-state index in [-0.39, 0.29) is 22.3 Å². The molecule has 1 aromatic carbocycles. The van der Waals surface area contributed by atoms with E-state index in [0.717, 1.165) is 0 Å². The Balaban J connectivity index is 2.21. The monoisotopic (exact) mass is 389 g/mol. The van der Waals surface area contributed by atoms with E-state index in [2.05, 4.69) is 10.1 Å². The zero-order valence-electron chi connectivity index (χ0n) is 14.8. The summed E-state index contributed by atoms with van der Waals surface area (Å²) in [6.45, 7) is 5.17. The van der Waals surface area contributed by atoms with Crippen LogP contribution in [0.4, 0.5) is 22.0 Å². The fourth-order valence-corrected chi connectivity index (χ4v) is 2.59. The van der Waals surface area contributed by atoms with E-state index in [1.165, 1.54) is 39.9 Å². The number of ether oxygens (including phenoxy) is 1. The van der Waals surface area contributed by atoms with Crippen molar-refractivity contribution in [2.75, 3.05) is 4.90 Å². The van der Waals surface area contributed by atoms with Crippen molar-refractivity contribution in [2.45, 2.75) is 26.4 Å². The van der Waals surface area contributed by atoms with Crippen LogP contribution >= 0.6 is 11.6 Å². The van der Waals surface area contributed by atoms with Crippen molar-refractivity contribution >= 4 is 40.5 Å². The molecule has 0 aliphatic heterocycles. The lowest BCUT2D eigenvalue weighted by Gasteiger charge is -2.27. The molecule has 0 fully saturated rings. The van der Waals surface area contributed by atoms with Gasteiger partial charge >= 0.3 is 6.09 Å². The Kier molecular flexibility index (Phi) is 4.71. The van der Waals surface area contributed by atoms with Crippen molar-refractivity contribution in [3.05, 3.63) is 57.9 Å². The number of fused-ring (bicyclic) bond motifs is 1. The first kappa shape index (κ1) is 18.6. The lowest BCUT2D eigenvalue weighted by molar-refractivity contribution is -0.384. The zero-order valence-corrected chi connectivity index (χ0v) is 15.5. The van der Waals surface area contributed by atoms with Gasteiger partial charge in [-0.25, -0.2) is 14.7 Å². The summed E-state index contributed by atoms with van der Waals surface area (Å²) in [4.78, 5) is 28.9. The van der Waals surface area contributed by atoms with Gasteiger partial charge in [0.15, 0.2) is 5.65 Å². The second-order valence-corrected chi connectivity index (χ2v) is 7.02. The molecule has 27 heavy (non-hydrogen) atoms. The van der Waals surface area contributed by atoms with Gasteiger partial charge in [-0.3, -0.25) is 10.1 Å². The lowest BCUT2D eigenvalue weighted by Crippen LogP contribution is -2.35. The van der Waals surface area contributed by atoms with Gasteiger partial charge in [-0.1, -0.05) is 17.7 Å². The Hall–Kier alpha value is -3.20. The highest BCUT2D eigenvalue weighted by Crippen LogP contribution is 2.31. The number of carbonyl (C=O) groups excluding carboxylic acids is 1. The summed E-state index contributed by atoms with van der Waals surface area (Å²) in [6, 6.07) is 8.70. The number of carbonyl (C=O) groups is 1. The standard InChI is InChI=1S/C17H16ClN5O4/c1-17(2,3)27-16(24)21(11-5-4-6-12(9-11)23(25)26)15-10-13(18)20-14-7-8-19-22(14)15/h4-10H,1-3H3. The molecule has 0 radical (unpaired) electrons. The van der Waals surface area contributed by atoms with Gasteiger partial charge < -0.3 is 4.74 Å². The maximum atomic E-state index is 12.9. The van der Waals surface area contributed by atoms with Crippen LogP contribution in [0.1, 0.15) is 20.8 Å². The minimum atomic E-state index is -0.782. The number of nitrogens with zero attached hydrogens (tertiary/aromatic N) is 5. The average molecular weight is 390 g/mol. The molecule has 2 heterocycles. The molecule has 0 atom stereocenters. The fraction of sp³-hybridized carbons (Fsp3) is 0.235. The number of anilines is 2. The van der Waals surface area contributed by atoms with Crippen LogP contribution in [0.15, 0.2) is 42.6 Å². The predicted molar refractivity (Wildman–Crippen MR) is 99.5 cm³/mol. The van der Waals surface area contributed by atoms with Crippen LogP contribution in [0.2, 0.25) is 5.15 Å². The highest BCUT2D eigenvalue weighted by Gasteiger charge is 2.28. The number of benzene rings is 1. The number of nitro benzene ring substituents is 1. The first-order chi connectivity index (χ1) is 12.7. The Morgan fingerprint density at radius 1 is 1.30 bits per heavy atom. The van der Waals surface area contributed by atoms with E-state index in [0.29, 0.717) is 5.65 Å². The molecule has 0 bridgehead atoms. The van der Waals surface area contributed by atoms with Crippen molar-refractivity contribution in [1.29, 1.82) is 0 Å². The Morgan fingerprint density at radius 3 is 2.70 bits per heavy atom. The molecule has 0 spiro atoms. The molecule has 3 aromatic rings. The smallest absolute Gasteiger partial charge is 0.420 e. The number of hydrogen-bond acceptors (Lipinski definition) is 6. The lowest BCUT2D eigenvalue weighted by atomic mass is 10.2. The van der Waals surface area contributed by atoms with E-state index >= 15 is 0 Å². The average Bonchev–Trinajstić information content (AvgIpc) is 3.01. The number of non-ortho nitro benzene ring substituents is 1. The molecule has 1 amide bonds. The molecule has 0 unspecified atom stereocenters. The summed E-state index contributed by atoms with van der Waals surface area (Å²) in [7, 11) is 0. The summed E-state index contributed by atoms with van der Waals surface area (Å²) in [5.74, 6) is 0.241. The summed E-state index contributed by atoms with van der Waals surface area (Å²) in [6.07, 6.45) is 0.769. The normalized spacial score (nSPS) is 11.4. The topological polar surface area (TPSA) is 103 Å². The molecular formula is C17H16ClN5O4. The summed E-state index contributed by atoms with van der Waals surface area (Å²) >= 11 is 6.09. The van der Waals surface area contributed by atoms with Crippen LogP contribution in [-0.2, 0) is 4.74 Å². The molecule has 0 saturated heterocycles. The van der Waals surface area contributed by atoms with E-state index in [1.807, 2.05) is 0 Å². The van der Waals surface area contributed by atoms with E-state index in [4.69, 9.17) is 16.3 Å². The molecule has 0 aliphatic carbocycles. The molecular weight excluding hydrogens is 374 g/mol. The molecule has 0 N–H and O–H groups in total. The largest absolute Gasteiger partial charge is 0.443 e. The van der Waals surface area contributed by atoms with E-state index in [1.54, 1.807) is 32.9 Å². The number of aromatic nitrogens is 3. The van der Waals surface area contributed by atoms with Gasteiger partial charge in [0.2, 0.25) is 0 Å². The summed E-state index contributed by atoms with van der Waals surface area (Å²) in [5, 5.41) is 15.4. The van der Waals surface area contributed by atoms with Crippen molar-refractivity contribution in [3.8, 4) is 0 Å². The Bertz CT molecular complexity index is 1030. The fourth-order valence-electron chi connectivity index (χ4n) is 2.41. The van der Waals surface area contributed by atoms with Gasteiger partial charge in [-0.15, -0.1) is 0 Å². The molecule has 2 aromatic heterocycles. The highest BCUT2D eigenvalue weighted by molar-refractivity contribution is 6.29. The van der Waals surface area contributed by atoms with Crippen LogP contribution in [0.3, 0.4) is 0 Å². The number of nitro groups is 1. The van der Waals surface area contributed by atoms with E-state index in [9.17, 15) is 14.9 Å². The van der Waals surface area contributed by atoms with Gasteiger partial charge in [0, 0.05) is 24.3 Å². The first-order valence-electron chi connectivity index (χ1n) is 7.93. The third-order valence-electron chi connectivity index (χ3n) is 3.41. The number of halogens is 1. The van der Waals surface area contributed by atoms with Gasteiger partial charge in [-0.05, 0) is 26.8 Å². The van der Waals surface area contributed by atoms with Crippen molar-refractivity contribution in [1.82, 2.24) is 14.6 Å². The zero-order chi connectivity index (χ0) is 19.8. The van der Waals surface area contributed by atoms with Gasteiger partial charge in [0.05, 0.1) is 16.8 Å². The third kappa shape index (κ3) is 3.98. The quantitative estimate of drug-likeness (QED) is 0.374. The number of amides is 1. The molecule has 140 valence electrons. The maximum Gasteiger partial charge on any atom is 0.420 e. The Labute approximate surface area is 159 Å². The minimum Gasteiger partial charge on any atom is -0.443 e. The molecule has 10 heteroatoms. The van der Waals surface area contributed by atoms with Crippen LogP contribution in [0, 0.1) is 10.1 Å². The van der Waals surface area contributed by atoms with Crippen molar-refractivity contribution in [2.24, 2.45) is 0 Å². The van der Waals surface area contributed by atoms with Gasteiger partial charge in [0.1, 0.15) is 16.6 Å². The summed E-state index contributed by atoms with van der Waals surface area (Å²) in [5.41, 5.74) is -0.303. The second kappa shape index (κ2) is 6.84. The SMILES string of the molecule is CC(C)(C)OC(=O)N(c1cccc([N+](=O)[O-])c1)c1cc(Cl)nc2ccnn12. The van der Waals surface area contributed by atoms with Crippen molar-refractivity contribution < 1.29 is 14.5 Å². The van der Waals surface area contributed by atoms with Gasteiger partial charge in [-0.2, -0.15) is 9.61 Å². The molecule has 0 aliphatic rings. The van der Waals surface area contributed by atoms with E-state index < -0.39 is 16.6 Å². The minimum absolute atomic E-state index is 0.136. The molecule has 3 rings (SSSR count). The van der Waals surface area contributed by atoms with Crippen LogP contribution in [0.5, 0.6) is 0 Å². The van der Waals surface area contributed by atoms with Gasteiger partial charge in [0.25, 0.3) is 5.69 Å². The first-order valence-corrected chi connectivity index (χ1v) is 8.31. The predicted octanol–water partition coefficient (Wildman–Crippen LogP) is 4.36. The third-order valence-corrected chi connectivity index (χ3v) is 3.61. The maximum absolute atomic E-state index is 12.9. The van der Waals surface area contributed by atoms with Crippen LogP contribution in [-0.4, -0.2) is 31.2 Å². The van der Waals surface area contributed by atoms with Crippen molar-refractivity contribution in [3.63, 3.8) is 0 Å². The summed E-state index contributed by atoms with van der Waals surface area (Å²) < 4.78 is 6.88. The number of hydrogen-bond donors (Lipinski definition) is 0. The highest BCUT2D eigenvalue weighted by atomic mass is 35.5. The van der Waals surface area contributed by atoms with Crippen LogP contribution < -0.4 is 4.90 Å². The van der Waals surface area contributed by atoms with Crippen LogP contribution in [0.25, 0.3) is 5.65 Å². The Morgan fingerprint density at radius 2 is 2.04 bits per heavy atom.